The molecule has 0 bridgehead atoms. The Bertz CT molecular complexity index is 870. The molecule has 0 fully saturated rings. The number of aromatic nitrogens is 3. The molecule has 2 aromatic heterocycles. The lowest BCUT2D eigenvalue weighted by atomic mass is 10.0. The van der Waals surface area contributed by atoms with Gasteiger partial charge in [0.25, 0.3) is 0 Å². The van der Waals surface area contributed by atoms with Crippen molar-refractivity contribution in [3.8, 4) is 11.3 Å². The van der Waals surface area contributed by atoms with Crippen LogP contribution in [0.2, 0.25) is 0 Å². The number of nitrogens with zero attached hydrogens (tertiary/aromatic N) is 3. The normalized spacial score (nSPS) is 12.5. The molecule has 1 amide bonds. The molecule has 120 valence electrons. The van der Waals surface area contributed by atoms with E-state index in [0.717, 1.165) is 16.2 Å². The second-order valence-corrected chi connectivity index (χ2v) is 7.38. The van der Waals surface area contributed by atoms with Gasteiger partial charge in [0.2, 0.25) is 16.8 Å². The van der Waals surface area contributed by atoms with Gasteiger partial charge in [-0.25, -0.2) is 4.52 Å². The Morgan fingerprint density at radius 3 is 2.91 bits per heavy atom. The summed E-state index contributed by atoms with van der Waals surface area (Å²) in [5.41, 5.74) is 4.53. The zero-order valence-electron chi connectivity index (χ0n) is 13.1. The number of thiazole rings is 1. The maximum Gasteiger partial charge on any atom is 0.250 e. The number of hydrogen-bond acceptors (Lipinski definition) is 4. The zero-order chi connectivity index (χ0) is 16.6. The highest BCUT2D eigenvalue weighted by Crippen LogP contribution is 2.29. The summed E-state index contributed by atoms with van der Waals surface area (Å²) in [5.74, 6) is 0.213. The molecular formula is C16H17BrN4OS. The summed E-state index contributed by atoms with van der Waals surface area (Å²) in [6.07, 6.45) is 0.710. The molecule has 0 aliphatic carbocycles. The van der Waals surface area contributed by atoms with Crippen LogP contribution in [-0.2, 0) is 4.79 Å². The van der Waals surface area contributed by atoms with Crippen molar-refractivity contribution < 1.29 is 4.79 Å². The first-order valence-electron chi connectivity index (χ1n) is 7.36. The van der Waals surface area contributed by atoms with E-state index in [-0.39, 0.29) is 10.7 Å². The molecule has 3 rings (SSSR count). The number of nitrogens with one attached hydrogen (secondary N) is 1. The Kier molecular flexibility index (Phi) is 4.50. The summed E-state index contributed by atoms with van der Waals surface area (Å²) in [7, 11) is 0. The van der Waals surface area contributed by atoms with Crippen molar-refractivity contribution in [3.05, 3.63) is 34.7 Å². The van der Waals surface area contributed by atoms with E-state index < -0.39 is 0 Å². The minimum absolute atomic E-state index is 0.126. The highest BCUT2D eigenvalue weighted by molar-refractivity contribution is 9.10. The number of carbonyl (C=O) groups excluding carboxylic acids is 1. The molecule has 23 heavy (non-hydrogen) atoms. The summed E-state index contributed by atoms with van der Waals surface area (Å²) >= 11 is 4.84. The number of rotatable bonds is 4. The molecule has 1 aromatic carbocycles. The largest absolute Gasteiger partial charge is 0.292 e. The number of carbonyl (C=O) groups is 1. The third-order valence-electron chi connectivity index (χ3n) is 3.62. The molecular weight excluding hydrogens is 376 g/mol. The summed E-state index contributed by atoms with van der Waals surface area (Å²) < 4.78 is 1.78. The van der Waals surface area contributed by atoms with Crippen LogP contribution in [0, 0.1) is 13.8 Å². The molecule has 0 aliphatic heterocycles. The lowest BCUT2D eigenvalue weighted by Gasteiger charge is -2.06. The van der Waals surface area contributed by atoms with Crippen molar-refractivity contribution in [1.29, 1.82) is 0 Å². The number of benzene rings is 1. The number of aryl methyl sites for hydroxylation is 2. The lowest BCUT2D eigenvalue weighted by Crippen LogP contribution is -2.22. The van der Waals surface area contributed by atoms with Crippen LogP contribution in [0.25, 0.3) is 16.2 Å². The van der Waals surface area contributed by atoms with E-state index >= 15 is 0 Å². The first kappa shape index (κ1) is 16.1. The van der Waals surface area contributed by atoms with Gasteiger partial charge in [-0.2, -0.15) is 4.98 Å². The van der Waals surface area contributed by atoms with E-state index in [1.54, 1.807) is 4.52 Å². The molecule has 0 saturated heterocycles. The average molecular weight is 393 g/mol. The van der Waals surface area contributed by atoms with Gasteiger partial charge in [0.05, 0.1) is 10.5 Å². The predicted molar refractivity (Wildman–Crippen MR) is 97.4 cm³/mol. The SMILES string of the molecule is CCC(Br)C(=O)Nc1nc2scc(-c3ccc(C)cc3C)n2n1. The van der Waals surface area contributed by atoms with Gasteiger partial charge < -0.3 is 0 Å². The second kappa shape index (κ2) is 6.41. The molecule has 1 unspecified atom stereocenters. The highest BCUT2D eigenvalue weighted by Gasteiger charge is 2.17. The first-order chi connectivity index (χ1) is 11.0. The number of halogens is 1. The smallest absolute Gasteiger partial charge is 0.250 e. The van der Waals surface area contributed by atoms with E-state index in [0.29, 0.717) is 12.4 Å². The van der Waals surface area contributed by atoms with Crippen molar-refractivity contribution >= 4 is 44.1 Å². The molecule has 0 saturated carbocycles. The Hall–Kier alpha value is -1.73. The maximum atomic E-state index is 11.9. The molecule has 1 atom stereocenters. The molecule has 0 spiro atoms. The number of hydrogen-bond donors (Lipinski definition) is 1. The molecule has 0 radical (unpaired) electrons. The van der Waals surface area contributed by atoms with Gasteiger partial charge in [-0.3, -0.25) is 10.1 Å². The predicted octanol–water partition coefficient (Wildman–Crippen LogP) is 4.19. The third-order valence-corrected chi connectivity index (χ3v) is 5.50. The quantitative estimate of drug-likeness (QED) is 0.677. The van der Waals surface area contributed by atoms with E-state index in [4.69, 9.17) is 0 Å². The van der Waals surface area contributed by atoms with E-state index in [9.17, 15) is 4.79 Å². The van der Waals surface area contributed by atoms with E-state index in [1.807, 2.05) is 12.3 Å². The van der Waals surface area contributed by atoms with Gasteiger partial charge in [-0.15, -0.1) is 16.4 Å². The van der Waals surface area contributed by atoms with Crippen LogP contribution in [0.4, 0.5) is 5.95 Å². The minimum Gasteiger partial charge on any atom is -0.292 e. The fourth-order valence-electron chi connectivity index (χ4n) is 2.39. The molecule has 7 heteroatoms. The lowest BCUT2D eigenvalue weighted by molar-refractivity contribution is -0.115. The number of fused-ring (bicyclic) bond motifs is 1. The van der Waals surface area contributed by atoms with Crippen LogP contribution in [0.3, 0.4) is 0 Å². The van der Waals surface area contributed by atoms with Crippen LogP contribution in [0.15, 0.2) is 23.6 Å². The second-order valence-electron chi connectivity index (χ2n) is 5.43. The van der Waals surface area contributed by atoms with Crippen molar-refractivity contribution in [1.82, 2.24) is 14.6 Å². The zero-order valence-corrected chi connectivity index (χ0v) is 15.5. The van der Waals surface area contributed by atoms with Gasteiger partial charge in [0.1, 0.15) is 0 Å². The number of anilines is 1. The molecule has 3 aromatic rings. The Balaban J connectivity index is 1.96. The highest BCUT2D eigenvalue weighted by atomic mass is 79.9. The van der Waals surface area contributed by atoms with Gasteiger partial charge >= 0.3 is 0 Å². The fraction of sp³-hybridized carbons (Fsp3) is 0.312. The van der Waals surface area contributed by atoms with Crippen molar-refractivity contribution in [2.75, 3.05) is 5.32 Å². The van der Waals surface area contributed by atoms with Crippen molar-refractivity contribution in [2.45, 2.75) is 32.0 Å². The van der Waals surface area contributed by atoms with Gasteiger partial charge in [0, 0.05) is 10.9 Å². The van der Waals surface area contributed by atoms with Gasteiger partial charge in [-0.05, 0) is 25.8 Å². The summed E-state index contributed by atoms with van der Waals surface area (Å²) in [6.45, 7) is 6.10. The Morgan fingerprint density at radius 1 is 1.43 bits per heavy atom. The van der Waals surface area contributed by atoms with Gasteiger partial charge in [-0.1, -0.05) is 46.6 Å². The van der Waals surface area contributed by atoms with Gasteiger partial charge in [0.15, 0.2) is 0 Å². The van der Waals surface area contributed by atoms with E-state index in [2.05, 4.69) is 63.4 Å². The van der Waals surface area contributed by atoms with Crippen LogP contribution < -0.4 is 5.32 Å². The van der Waals surface area contributed by atoms with Crippen LogP contribution in [0.1, 0.15) is 24.5 Å². The third kappa shape index (κ3) is 3.16. The van der Waals surface area contributed by atoms with E-state index in [1.165, 1.54) is 22.5 Å². The topological polar surface area (TPSA) is 59.3 Å². The molecule has 2 heterocycles. The number of amides is 1. The van der Waals surface area contributed by atoms with Crippen molar-refractivity contribution in [2.24, 2.45) is 0 Å². The molecule has 1 N–H and O–H groups in total. The summed E-state index contributed by atoms with van der Waals surface area (Å²) in [4.78, 5) is 16.9. The fourth-order valence-corrected chi connectivity index (χ4v) is 3.33. The van der Waals surface area contributed by atoms with Crippen LogP contribution >= 0.6 is 27.3 Å². The number of alkyl halides is 1. The maximum absolute atomic E-state index is 11.9. The standard InChI is InChI=1S/C16H17BrN4OS/c1-4-12(17)14(22)18-15-19-16-21(20-15)13(8-23-16)11-6-5-9(2)7-10(11)3/h5-8,12H,4H2,1-3H3,(H,18,20,22). The van der Waals surface area contributed by atoms with Crippen LogP contribution in [0.5, 0.6) is 0 Å². The minimum atomic E-state index is -0.233. The average Bonchev–Trinajstić information content (AvgIpc) is 3.07. The Morgan fingerprint density at radius 2 is 2.22 bits per heavy atom. The van der Waals surface area contributed by atoms with Crippen LogP contribution in [-0.4, -0.2) is 25.3 Å². The molecule has 0 aliphatic rings. The summed E-state index contributed by atoms with van der Waals surface area (Å²) in [6, 6.07) is 6.33. The first-order valence-corrected chi connectivity index (χ1v) is 9.16. The van der Waals surface area contributed by atoms with Crippen molar-refractivity contribution in [3.63, 3.8) is 0 Å². The monoisotopic (exact) mass is 392 g/mol. The molecule has 5 nitrogen and oxygen atoms in total. The summed E-state index contributed by atoms with van der Waals surface area (Å²) in [5, 5.41) is 9.22. The Labute approximate surface area is 146 Å².